The van der Waals surface area contributed by atoms with Gasteiger partial charge in [0, 0.05) is 12.2 Å². The van der Waals surface area contributed by atoms with Crippen LogP contribution in [0.25, 0.3) is 0 Å². The molecule has 183 valence electrons. The number of rotatable bonds is 15. The summed E-state index contributed by atoms with van der Waals surface area (Å²) in [5.74, 6) is 2.47. The largest absolute Gasteiger partial charge is 0.493 e. The molecule has 1 aromatic rings. The fourth-order valence-electron chi connectivity index (χ4n) is 4.93. The predicted molar refractivity (Wildman–Crippen MR) is 138 cm³/mol. The smallest absolute Gasteiger partial charge is 0.385 e. The molecular formula is C28H49O3Si. The van der Waals surface area contributed by atoms with Gasteiger partial charge in [0.2, 0.25) is 0 Å². The standard InChI is InChI=1S/C28H49O3Si/c1-7-13-24(14-8-2)26-17-18-28(27(21-26)25-15-10-9-11-16-25)29-19-12-20-32(30-22(3)4)31-23(5)6/h17-18,21-25H,7-16,19-20H2,1-6H3. The monoisotopic (exact) mass is 461 g/mol. The second-order valence-corrected chi connectivity index (χ2v) is 11.8. The predicted octanol–water partition coefficient (Wildman–Crippen LogP) is 8.53. The summed E-state index contributed by atoms with van der Waals surface area (Å²) in [6.45, 7) is 13.7. The third-order valence-electron chi connectivity index (χ3n) is 6.34. The van der Waals surface area contributed by atoms with E-state index in [1.807, 2.05) is 0 Å². The van der Waals surface area contributed by atoms with Crippen molar-refractivity contribution in [1.82, 2.24) is 0 Å². The maximum Gasteiger partial charge on any atom is 0.385 e. The molecule has 0 N–H and O–H groups in total. The number of hydrogen-bond acceptors (Lipinski definition) is 3. The van der Waals surface area contributed by atoms with Gasteiger partial charge in [-0.15, -0.1) is 0 Å². The van der Waals surface area contributed by atoms with Crippen LogP contribution in [0.5, 0.6) is 5.75 Å². The molecule has 1 aliphatic rings. The van der Waals surface area contributed by atoms with Crippen LogP contribution < -0.4 is 4.74 Å². The van der Waals surface area contributed by atoms with E-state index in [1.165, 1.54) is 68.9 Å². The van der Waals surface area contributed by atoms with Crippen molar-refractivity contribution in [3.05, 3.63) is 29.3 Å². The van der Waals surface area contributed by atoms with E-state index in [1.54, 1.807) is 0 Å². The zero-order chi connectivity index (χ0) is 23.3. The molecule has 0 atom stereocenters. The van der Waals surface area contributed by atoms with Crippen molar-refractivity contribution in [2.24, 2.45) is 0 Å². The minimum Gasteiger partial charge on any atom is -0.493 e. The summed E-state index contributed by atoms with van der Waals surface area (Å²) < 4.78 is 18.5. The van der Waals surface area contributed by atoms with E-state index in [9.17, 15) is 0 Å². The van der Waals surface area contributed by atoms with E-state index in [4.69, 9.17) is 13.6 Å². The van der Waals surface area contributed by atoms with E-state index in [0.29, 0.717) is 11.8 Å². The van der Waals surface area contributed by atoms with Gasteiger partial charge >= 0.3 is 9.28 Å². The average molecular weight is 462 g/mol. The third-order valence-corrected chi connectivity index (χ3v) is 8.57. The van der Waals surface area contributed by atoms with Crippen molar-refractivity contribution >= 4 is 9.28 Å². The highest BCUT2D eigenvalue weighted by Crippen LogP contribution is 2.40. The SMILES string of the molecule is CCCC(CCC)c1ccc(OCCC[Si](OC(C)C)OC(C)C)c(C2CCCCC2)c1. The third kappa shape index (κ3) is 9.57. The Balaban J connectivity index is 2.06. The number of ether oxygens (including phenoxy) is 1. The summed E-state index contributed by atoms with van der Waals surface area (Å²) >= 11 is 0. The van der Waals surface area contributed by atoms with Gasteiger partial charge in [-0.1, -0.05) is 58.1 Å². The molecule has 4 heteroatoms. The highest BCUT2D eigenvalue weighted by Gasteiger charge is 2.22. The van der Waals surface area contributed by atoms with Crippen LogP contribution in [0.2, 0.25) is 6.04 Å². The lowest BCUT2D eigenvalue weighted by molar-refractivity contribution is 0.128. The second kappa shape index (κ2) is 15.1. The lowest BCUT2D eigenvalue weighted by atomic mass is 9.81. The van der Waals surface area contributed by atoms with Gasteiger partial charge < -0.3 is 13.6 Å². The molecule has 1 aliphatic carbocycles. The quantitative estimate of drug-likeness (QED) is 0.193. The lowest BCUT2D eigenvalue weighted by Gasteiger charge is -2.26. The van der Waals surface area contributed by atoms with E-state index in [0.717, 1.165) is 24.8 Å². The Morgan fingerprint density at radius 1 is 0.906 bits per heavy atom. The minimum absolute atomic E-state index is 0.216. The highest BCUT2D eigenvalue weighted by atomic mass is 28.3. The van der Waals surface area contributed by atoms with Gasteiger partial charge in [0.05, 0.1) is 6.61 Å². The fourth-order valence-corrected chi connectivity index (χ4v) is 6.71. The van der Waals surface area contributed by atoms with Gasteiger partial charge in [-0.3, -0.25) is 0 Å². The van der Waals surface area contributed by atoms with Gasteiger partial charge in [-0.2, -0.15) is 0 Å². The normalized spacial score (nSPS) is 15.4. The van der Waals surface area contributed by atoms with Crippen molar-refractivity contribution in [2.75, 3.05) is 6.61 Å². The molecule has 1 saturated carbocycles. The first kappa shape index (κ1) is 27.4. The van der Waals surface area contributed by atoms with Crippen LogP contribution in [0, 0.1) is 0 Å². The Morgan fingerprint density at radius 2 is 1.53 bits per heavy atom. The van der Waals surface area contributed by atoms with E-state index in [-0.39, 0.29) is 12.2 Å². The zero-order valence-electron chi connectivity index (χ0n) is 21.8. The minimum atomic E-state index is -1.24. The summed E-state index contributed by atoms with van der Waals surface area (Å²) in [5.41, 5.74) is 3.00. The molecule has 1 aromatic carbocycles. The summed E-state index contributed by atoms with van der Waals surface area (Å²) in [6, 6.07) is 8.10. The average Bonchev–Trinajstić information content (AvgIpc) is 2.76. The van der Waals surface area contributed by atoms with Crippen LogP contribution in [0.3, 0.4) is 0 Å². The van der Waals surface area contributed by atoms with Crippen molar-refractivity contribution in [3.8, 4) is 5.75 Å². The molecule has 1 fully saturated rings. The maximum atomic E-state index is 6.41. The van der Waals surface area contributed by atoms with Gasteiger partial charge in [0.1, 0.15) is 5.75 Å². The summed E-state index contributed by atoms with van der Waals surface area (Å²) in [7, 11) is -1.24. The molecule has 32 heavy (non-hydrogen) atoms. The Morgan fingerprint density at radius 3 is 2.09 bits per heavy atom. The van der Waals surface area contributed by atoms with Crippen LogP contribution in [0.1, 0.15) is 129 Å². The summed E-state index contributed by atoms with van der Waals surface area (Å²) in [6.07, 6.45) is 13.2. The highest BCUT2D eigenvalue weighted by molar-refractivity contribution is 6.44. The molecule has 0 aliphatic heterocycles. The molecule has 0 heterocycles. The van der Waals surface area contributed by atoms with Gasteiger partial charge in [-0.25, -0.2) is 0 Å². The first-order valence-corrected chi connectivity index (χ1v) is 14.9. The van der Waals surface area contributed by atoms with Crippen LogP contribution in [0.4, 0.5) is 0 Å². The summed E-state index contributed by atoms with van der Waals surface area (Å²) in [5, 5.41) is 0. The first-order chi connectivity index (χ1) is 15.4. The van der Waals surface area contributed by atoms with Gasteiger partial charge in [0.15, 0.2) is 0 Å². The number of hydrogen-bond donors (Lipinski definition) is 0. The lowest BCUT2D eigenvalue weighted by Crippen LogP contribution is -2.29. The molecule has 3 nitrogen and oxygen atoms in total. The molecular weight excluding hydrogens is 412 g/mol. The molecule has 2 rings (SSSR count). The van der Waals surface area contributed by atoms with Crippen LogP contribution in [-0.2, 0) is 8.85 Å². The van der Waals surface area contributed by atoms with Crippen molar-refractivity contribution in [3.63, 3.8) is 0 Å². The number of benzene rings is 1. The Bertz CT molecular complexity index is 609. The van der Waals surface area contributed by atoms with E-state index < -0.39 is 9.28 Å². The van der Waals surface area contributed by atoms with Crippen LogP contribution in [0.15, 0.2) is 18.2 Å². The zero-order valence-corrected chi connectivity index (χ0v) is 22.8. The molecule has 0 aromatic heterocycles. The second-order valence-electron chi connectivity index (χ2n) is 10.1. The molecule has 0 amide bonds. The first-order valence-electron chi connectivity index (χ1n) is 13.4. The molecule has 1 radical (unpaired) electrons. The van der Waals surface area contributed by atoms with Crippen molar-refractivity contribution < 1.29 is 13.6 Å². The molecule has 0 bridgehead atoms. The Hall–Kier alpha value is -0.843. The van der Waals surface area contributed by atoms with Gasteiger partial charge in [-0.05, 0) is 94.9 Å². The summed E-state index contributed by atoms with van der Waals surface area (Å²) in [4.78, 5) is 0. The Labute approximate surface area is 200 Å². The molecule has 0 unspecified atom stereocenters. The maximum absolute atomic E-state index is 6.41. The van der Waals surface area contributed by atoms with Crippen molar-refractivity contribution in [2.45, 2.75) is 136 Å². The Kier molecular flexibility index (Phi) is 13.0. The van der Waals surface area contributed by atoms with Crippen molar-refractivity contribution in [1.29, 1.82) is 0 Å². The van der Waals surface area contributed by atoms with Crippen LogP contribution >= 0.6 is 0 Å². The van der Waals surface area contributed by atoms with E-state index >= 15 is 0 Å². The van der Waals surface area contributed by atoms with Gasteiger partial charge in [0.25, 0.3) is 0 Å². The van der Waals surface area contributed by atoms with E-state index in [2.05, 4.69) is 59.7 Å². The topological polar surface area (TPSA) is 27.7 Å². The fraction of sp³-hybridized carbons (Fsp3) is 0.786. The molecule has 0 spiro atoms. The van der Waals surface area contributed by atoms with Crippen LogP contribution in [-0.4, -0.2) is 28.1 Å². The molecule has 0 saturated heterocycles.